The highest BCUT2D eigenvalue weighted by atomic mass is 79.9. The van der Waals surface area contributed by atoms with E-state index in [1.807, 2.05) is 0 Å². The molecule has 2 heteroatoms. The minimum absolute atomic E-state index is 0.663. The molecule has 0 aromatic heterocycles. The van der Waals surface area contributed by atoms with Crippen LogP contribution in [0.3, 0.4) is 0 Å². The van der Waals surface area contributed by atoms with Gasteiger partial charge in [-0.25, -0.2) is 0 Å². The number of hydrogen-bond acceptors (Lipinski definition) is 1. The van der Waals surface area contributed by atoms with Crippen LogP contribution in [-0.2, 0) is 0 Å². The number of benzene rings is 1. The predicted octanol–water partition coefficient (Wildman–Crippen LogP) is 5.14. The molecule has 1 nitrogen and oxygen atoms in total. The third kappa shape index (κ3) is 3.25. The van der Waals surface area contributed by atoms with Crippen molar-refractivity contribution >= 4 is 21.6 Å². The van der Waals surface area contributed by atoms with Gasteiger partial charge in [-0.2, -0.15) is 0 Å². The van der Waals surface area contributed by atoms with Crippen LogP contribution in [0.15, 0.2) is 22.7 Å². The summed E-state index contributed by atoms with van der Waals surface area (Å²) in [5, 5.41) is 3.69. The van der Waals surface area contributed by atoms with Crippen molar-refractivity contribution in [2.75, 3.05) is 5.32 Å². The van der Waals surface area contributed by atoms with E-state index in [4.69, 9.17) is 0 Å². The van der Waals surface area contributed by atoms with E-state index >= 15 is 0 Å². The smallest absolute Gasteiger partial charge is 0.0489 e. The summed E-state index contributed by atoms with van der Waals surface area (Å²) in [6, 6.07) is 7.10. The minimum atomic E-state index is 0.663. The number of aryl methyl sites for hydroxylation is 1. The standard InChI is InChI=1S/C15H22BrN/c1-3-12-7-9-13(10-8-12)17-14-6-4-5-11(2)15(14)16/h4-6,12-13,17H,3,7-10H2,1-2H3. The molecule has 0 bridgehead atoms. The van der Waals surface area contributed by atoms with Crippen LogP contribution in [0.1, 0.15) is 44.6 Å². The Balaban J connectivity index is 1.95. The molecular weight excluding hydrogens is 274 g/mol. The highest BCUT2D eigenvalue weighted by Gasteiger charge is 2.20. The van der Waals surface area contributed by atoms with Crippen molar-refractivity contribution in [3.05, 3.63) is 28.2 Å². The molecule has 0 atom stereocenters. The molecule has 1 saturated carbocycles. The number of rotatable bonds is 3. The van der Waals surface area contributed by atoms with Gasteiger partial charge < -0.3 is 5.32 Å². The Hall–Kier alpha value is -0.500. The van der Waals surface area contributed by atoms with E-state index in [-0.39, 0.29) is 0 Å². The monoisotopic (exact) mass is 295 g/mol. The summed E-state index contributed by atoms with van der Waals surface area (Å²) in [5.74, 6) is 0.967. The third-order valence-electron chi connectivity index (χ3n) is 3.98. The van der Waals surface area contributed by atoms with Gasteiger partial charge in [-0.15, -0.1) is 0 Å². The maximum absolute atomic E-state index is 3.69. The van der Waals surface area contributed by atoms with Crippen LogP contribution in [0.2, 0.25) is 0 Å². The first-order valence-corrected chi connectivity index (χ1v) is 7.51. The zero-order valence-corrected chi connectivity index (χ0v) is 12.4. The second kappa shape index (κ2) is 5.90. The molecule has 1 N–H and O–H groups in total. The molecule has 0 radical (unpaired) electrons. The van der Waals surface area contributed by atoms with E-state index < -0.39 is 0 Å². The summed E-state index contributed by atoms with van der Waals surface area (Å²) in [7, 11) is 0. The van der Waals surface area contributed by atoms with E-state index in [0.717, 1.165) is 5.92 Å². The average Bonchev–Trinajstić information content (AvgIpc) is 2.36. The van der Waals surface area contributed by atoms with Crippen LogP contribution in [0, 0.1) is 12.8 Å². The van der Waals surface area contributed by atoms with E-state index in [1.165, 1.54) is 47.8 Å². The second-order valence-electron chi connectivity index (χ2n) is 5.21. The maximum atomic E-state index is 3.69. The highest BCUT2D eigenvalue weighted by molar-refractivity contribution is 9.10. The minimum Gasteiger partial charge on any atom is -0.381 e. The molecule has 17 heavy (non-hydrogen) atoms. The fourth-order valence-electron chi connectivity index (χ4n) is 2.69. The molecule has 0 heterocycles. The summed E-state index contributed by atoms with van der Waals surface area (Å²) in [4.78, 5) is 0. The second-order valence-corrected chi connectivity index (χ2v) is 6.00. The summed E-state index contributed by atoms with van der Waals surface area (Å²) < 4.78 is 1.22. The lowest BCUT2D eigenvalue weighted by atomic mass is 9.84. The molecule has 1 aliphatic rings. The van der Waals surface area contributed by atoms with Crippen LogP contribution in [0.25, 0.3) is 0 Å². The summed E-state index contributed by atoms with van der Waals surface area (Å²) >= 11 is 3.67. The Morgan fingerprint density at radius 1 is 1.24 bits per heavy atom. The van der Waals surface area contributed by atoms with E-state index in [1.54, 1.807) is 0 Å². The van der Waals surface area contributed by atoms with Gasteiger partial charge in [0.2, 0.25) is 0 Å². The zero-order valence-electron chi connectivity index (χ0n) is 10.8. The molecule has 0 spiro atoms. The van der Waals surface area contributed by atoms with Crippen LogP contribution in [0.4, 0.5) is 5.69 Å². The Morgan fingerprint density at radius 3 is 2.59 bits per heavy atom. The molecule has 94 valence electrons. The van der Waals surface area contributed by atoms with Gasteiger partial charge in [0.05, 0.1) is 0 Å². The molecule has 0 amide bonds. The average molecular weight is 296 g/mol. The molecule has 1 aromatic carbocycles. The molecule has 1 aromatic rings. The van der Waals surface area contributed by atoms with Gasteiger partial charge in [0.15, 0.2) is 0 Å². The summed E-state index contributed by atoms with van der Waals surface area (Å²) in [6.45, 7) is 4.46. The number of nitrogens with one attached hydrogen (secondary N) is 1. The van der Waals surface area contributed by atoms with Crippen molar-refractivity contribution in [2.45, 2.75) is 52.0 Å². The Labute approximate surface area is 113 Å². The molecule has 0 saturated heterocycles. The van der Waals surface area contributed by atoms with Gasteiger partial charge in [-0.3, -0.25) is 0 Å². The predicted molar refractivity (Wildman–Crippen MR) is 78.5 cm³/mol. The van der Waals surface area contributed by atoms with Gasteiger partial charge in [-0.1, -0.05) is 25.5 Å². The summed E-state index contributed by atoms with van der Waals surface area (Å²) in [6.07, 6.45) is 6.76. The molecule has 0 unspecified atom stereocenters. The van der Waals surface area contributed by atoms with Crippen LogP contribution in [0.5, 0.6) is 0 Å². The van der Waals surface area contributed by atoms with Crippen LogP contribution < -0.4 is 5.32 Å². The van der Waals surface area contributed by atoms with Crippen LogP contribution in [-0.4, -0.2) is 6.04 Å². The van der Waals surface area contributed by atoms with Gasteiger partial charge in [-0.05, 0) is 66.1 Å². The van der Waals surface area contributed by atoms with Gasteiger partial charge in [0.25, 0.3) is 0 Å². The van der Waals surface area contributed by atoms with Gasteiger partial charge >= 0.3 is 0 Å². The molecular formula is C15H22BrN. The molecule has 1 aliphatic carbocycles. The fraction of sp³-hybridized carbons (Fsp3) is 0.600. The molecule has 0 aliphatic heterocycles. The first-order valence-electron chi connectivity index (χ1n) is 6.72. The molecule has 2 rings (SSSR count). The summed E-state index contributed by atoms with van der Waals surface area (Å²) in [5.41, 5.74) is 2.56. The van der Waals surface area contributed by atoms with E-state index in [0.29, 0.717) is 6.04 Å². The number of halogens is 1. The highest BCUT2D eigenvalue weighted by Crippen LogP contribution is 2.31. The maximum Gasteiger partial charge on any atom is 0.0489 e. The lowest BCUT2D eigenvalue weighted by Crippen LogP contribution is -2.26. The first-order chi connectivity index (χ1) is 8.20. The Bertz CT molecular complexity index is 367. The Morgan fingerprint density at radius 2 is 1.94 bits per heavy atom. The van der Waals surface area contributed by atoms with Crippen molar-refractivity contribution in [1.29, 1.82) is 0 Å². The molecule has 1 fully saturated rings. The number of hydrogen-bond donors (Lipinski definition) is 1. The quantitative estimate of drug-likeness (QED) is 0.814. The normalized spacial score (nSPS) is 24.6. The van der Waals surface area contributed by atoms with Gasteiger partial charge in [0, 0.05) is 16.2 Å². The lowest BCUT2D eigenvalue weighted by Gasteiger charge is -2.29. The third-order valence-corrected chi connectivity index (χ3v) is 5.03. The van der Waals surface area contributed by atoms with E-state index in [2.05, 4.69) is 53.3 Å². The Kier molecular flexibility index (Phi) is 4.49. The van der Waals surface area contributed by atoms with Crippen molar-refractivity contribution in [3.63, 3.8) is 0 Å². The first kappa shape index (κ1) is 12.9. The fourth-order valence-corrected chi connectivity index (χ4v) is 3.07. The van der Waals surface area contributed by atoms with Crippen LogP contribution >= 0.6 is 15.9 Å². The van der Waals surface area contributed by atoms with Gasteiger partial charge in [0.1, 0.15) is 0 Å². The lowest BCUT2D eigenvalue weighted by molar-refractivity contribution is 0.330. The van der Waals surface area contributed by atoms with Crippen molar-refractivity contribution < 1.29 is 0 Å². The van der Waals surface area contributed by atoms with Crippen molar-refractivity contribution in [3.8, 4) is 0 Å². The largest absolute Gasteiger partial charge is 0.381 e. The zero-order chi connectivity index (χ0) is 12.3. The van der Waals surface area contributed by atoms with Crippen molar-refractivity contribution in [1.82, 2.24) is 0 Å². The van der Waals surface area contributed by atoms with Crippen molar-refractivity contribution in [2.24, 2.45) is 5.92 Å². The van der Waals surface area contributed by atoms with E-state index in [9.17, 15) is 0 Å². The number of anilines is 1. The SMILES string of the molecule is CCC1CCC(Nc2cccc(C)c2Br)CC1. The topological polar surface area (TPSA) is 12.0 Å².